The van der Waals surface area contributed by atoms with Crippen LogP contribution in [-0.4, -0.2) is 38.1 Å². The van der Waals surface area contributed by atoms with Crippen LogP contribution in [0.5, 0.6) is 0 Å². The largest absolute Gasteiger partial charge is 0.391 e. The monoisotopic (exact) mass is 469 g/mol. The molecule has 1 amide bonds. The van der Waals surface area contributed by atoms with Gasteiger partial charge in [-0.1, -0.05) is 25.4 Å². The van der Waals surface area contributed by atoms with Crippen molar-refractivity contribution in [2.45, 2.75) is 51.2 Å². The molecule has 1 saturated carbocycles. The van der Waals surface area contributed by atoms with E-state index in [0.717, 1.165) is 18.4 Å². The van der Waals surface area contributed by atoms with Gasteiger partial charge in [-0.3, -0.25) is 9.78 Å². The fourth-order valence-corrected chi connectivity index (χ4v) is 4.05. The molecule has 0 aliphatic heterocycles. The summed E-state index contributed by atoms with van der Waals surface area (Å²) in [4.78, 5) is 25.9. The van der Waals surface area contributed by atoms with E-state index in [4.69, 9.17) is 11.6 Å². The average Bonchev–Trinajstić information content (AvgIpc) is 3.19. The molecule has 7 nitrogen and oxygen atoms in total. The van der Waals surface area contributed by atoms with Crippen molar-refractivity contribution in [3.8, 4) is 11.4 Å². The third-order valence-corrected chi connectivity index (χ3v) is 5.96. The number of benzene rings is 1. The molecule has 33 heavy (non-hydrogen) atoms. The van der Waals surface area contributed by atoms with Gasteiger partial charge in [-0.2, -0.15) is 0 Å². The molecule has 0 radical (unpaired) electrons. The SMILES string of the molecule is CC(C)c1cnc(-c2cc(Cl)ccc2F)nc1Nc1ccncc1C(=O)NC1CCCC1O. The van der Waals surface area contributed by atoms with Crippen LogP contribution in [0.25, 0.3) is 11.4 Å². The summed E-state index contributed by atoms with van der Waals surface area (Å²) in [5.74, 6) is -0.121. The Labute approximate surface area is 196 Å². The fraction of sp³-hybridized carbons (Fsp3) is 0.333. The van der Waals surface area contributed by atoms with Crippen molar-refractivity contribution in [3.05, 3.63) is 64.8 Å². The summed E-state index contributed by atoms with van der Waals surface area (Å²) in [6.07, 6.45) is 6.39. The summed E-state index contributed by atoms with van der Waals surface area (Å²) in [5.41, 5.74) is 1.80. The predicted octanol–water partition coefficient (Wildman–Crippen LogP) is 4.84. The minimum absolute atomic E-state index is 0.0681. The van der Waals surface area contributed by atoms with Gasteiger partial charge in [-0.25, -0.2) is 14.4 Å². The highest BCUT2D eigenvalue weighted by atomic mass is 35.5. The van der Waals surface area contributed by atoms with Crippen LogP contribution >= 0.6 is 11.6 Å². The van der Waals surface area contributed by atoms with Crippen LogP contribution in [-0.2, 0) is 0 Å². The maximum atomic E-state index is 14.4. The average molecular weight is 470 g/mol. The maximum absolute atomic E-state index is 14.4. The van der Waals surface area contributed by atoms with Gasteiger partial charge < -0.3 is 15.7 Å². The van der Waals surface area contributed by atoms with Crippen LogP contribution < -0.4 is 10.6 Å². The van der Waals surface area contributed by atoms with Gasteiger partial charge in [0.2, 0.25) is 0 Å². The number of pyridine rings is 1. The number of aliphatic hydroxyl groups excluding tert-OH is 1. The quantitative estimate of drug-likeness (QED) is 0.477. The number of rotatable bonds is 6. The van der Waals surface area contributed by atoms with Gasteiger partial charge in [0.1, 0.15) is 11.6 Å². The van der Waals surface area contributed by atoms with Crippen molar-refractivity contribution >= 4 is 29.0 Å². The zero-order chi connectivity index (χ0) is 23.5. The lowest BCUT2D eigenvalue weighted by molar-refractivity contribution is 0.0873. The molecule has 2 unspecified atom stereocenters. The van der Waals surface area contributed by atoms with Crippen molar-refractivity contribution in [2.24, 2.45) is 0 Å². The van der Waals surface area contributed by atoms with Crippen molar-refractivity contribution in [1.82, 2.24) is 20.3 Å². The van der Waals surface area contributed by atoms with Crippen LogP contribution in [0.2, 0.25) is 5.02 Å². The number of anilines is 2. The Morgan fingerprint density at radius 2 is 2.06 bits per heavy atom. The first-order valence-electron chi connectivity index (χ1n) is 10.9. The van der Waals surface area contributed by atoms with Crippen LogP contribution in [0.3, 0.4) is 0 Å². The Balaban J connectivity index is 1.68. The van der Waals surface area contributed by atoms with E-state index >= 15 is 0 Å². The first-order valence-corrected chi connectivity index (χ1v) is 11.2. The number of carbonyl (C=O) groups excluding carboxylic acids is 1. The van der Waals surface area contributed by atoms with Gasteiger partial charge in [-0.05, 0) is 49.4 Å². The third kappa shape index (κ3) is 5.12. The van der Waals surface area contributed by atoms with Crippen molar-refractivity contribution in [1.29, 1.82) is 0 Å². The molecule has 0 saturated heterocycles. The summed E-state index contributed by atoms with van der Waals surface area (Å²) in [6.45, 7) is 3.98. The summed E-state index contributed by atoms with van der Waals surface area (Å²) in [6, 6.07) is 5.60. The van der Waals surface area contributed by atoms with E-state index in [1.54, 1.807) is 18.5 Å². The minimum Gasteiger partial charge on any atom is -0.391 e. The molecular weight excluding hydrogens is 445 g/mol. The number of hydrogen-bond acceptors (Lipinski definition) is 6. The standard InChI is InChI=1S/C24H25ClFN5O2/c1-13(2)16-12-28-22(15-10-14(25)6-7-18(15)26)31-23(16)29-19-8-9-27-11-17(19)24(33)30-20-4-3-5-21(20)32/h6-13,20-21,32H,3-5H2,1-2H3,(H,30,33)(H,27,28,29,31). The zero-order valence-corrected chi connectivity index (χ0v) is 19.1. The molecule has 9 heteroatoms. The second-order valence-corrected chi connectivity index (χ2v) is 8.84. The third-order valence-electron chi connectivity index (χ3n) is 5.72. The highest BCUT2D eigenvalue weighted by molar-refractivity contribution is 6.30. The van der Waals surface area contributed by atoms with Crippen molar-refractivity contribution in [3.63, 3.8) is 0 Å². The highest BCUT2D eigenvalue weighted by Crippen LogP contribution is 2.30. The van der Waals surface area contributed by atoms with E-state index in [1.165, 1.54) is 24.4 Å². The van der Waals surface area contributed by atoms with E-state index in [1.807, 2.05) is 13.8 Å². The van der Waals surface area contributed by atoms with E-state index in [-0.39, 0.29) is 29.3 Å². The molecule has 1 fully saturated rings. The molecule has 1 aliphatic carbocycles. The van der Waals surface area contributed by atoms with Crippen LogP contribution in [0, 0.1) is 5.82 Å². The molecule has 0 bridgehead atoms. The Kier molecular flexibility index (Phi) is 6.85. The summed E-state index contributed by atoms with van der Waals surface area (Å²) >= 11 is 6.05. The van der Waals surface area contributed by atoms with Crippen molar-refractivity contribution in [2.75, 3.05) is 5.32 Å². The van der Waals surface area contributed by atoms with Crippen LogP contribution in [0.4, 0.5) is 15.9 Å². The Bertz CT molecular complexity index is 1170. The molecule has 4 rings (SSSR count). The molecule has 3 N–H and O–H groups in total. The molecule has 2 atom stereocenters. The van der Waals surface area contributed by atoms with E-state index < -0.39 is 11.9 Å². The smallest absolute Gasteiger partial charge is 0.255 e. The minimum atomic E-state index is -0.549. The molecule has 3 aromatic rings. The first kappa shape index (κ1) is 23.1. The topological polar surface area (TPSA) is 100 Å². The van der Waals surface area contributed by atoms with Gasteiger partial charge in [0.05, 0.1) is 29.0 Å². The molecule has 1 aliphatic rings. The number of hydrogen-bond donors (Lipinski definition) is 3. The predicted molar refractivity (Wildman–Crippen MR) is 125 cm³/mol. The zero-order valence-electron chi connectivity index (χ0n) is 18.3. The van der Waals surface area contributed by atoms with Crippen LogP contribution in [0.15, 0.2) is 42.9 Å². The Morgan fingerprint density at radius 3 is 2.79 bits per heavy atom. The van der Waals surface area contributed by atoms with Gasteiger partial charge in [-0.15, -0.1) is 0 Å². The van der Waals surface area contributed by atoms with E-state index in [0.29, 0.717) is 28.5 Å². The lowest BCUT2D eigenvalue weighted by Gasteiger charge is -2.19. The molecule has 1 aromatic carbocycles. The maximum Gasteiger partial charge on any atom is 0.255 e. The lowest BCUT2D eigenvalue weighted by Crippen LogP contribution is -2.40. The first-order chi connectivity index (χ1) is 15.8. The molecule has 2 heterocycles. The number of halogens is 2. The van der Waals surface area contributed by atoms with Gasteiger partial charge >= 0.3 is 0 Å². The summed E-state index contributed by atoms with van der Waals surface area (Å²) in [5, 5.41) is 16.5. The second kappa shape index (κ2) is 9.80. The number of carbonyl (C=O) groups is 1. The number of aromatic nitrogens is 3. The number of aliphatic hydroxyl groups is 1. The molecule has 2 aromatic heterocycles. The fourth-order valence-electron chi connectivity index (χ4n) is 3.88. The Morgan fingerprint density at radius 1 is 1.24 bits per heavy atom. The normalized spacial score (nSPS) is 17.9. The van der Waals surface area contributed by atoms with Gasteiger partial charge in [0.25, 0.3) is 5.91 Å². The van der Waals surface area contributed by atoms with E-state index in [9.17, 15) is 14.3 Å². The molecular formula is C24H25ClFN5O2. The summed E-state index contributed by atoms with van der Waals surface area (Å²) in [7, 11) is 0. The van der Waals surface area contributed by atoms with E-state index in [2.05, 4.69) is 25.6 Å². The lowest BCUT2D eigenvalue weighted by atomic mass is 10.1. The number of nitrogens with one attached hydrogen (secondary N) is 2. The number of nitrogens with zero attached hydrogens (tertiary/aromatic N) is 3. The highest BCUT2D eigenvalue weighted by Gasteiger charge is 2.28. The molecule has 172 valence electrons. The van der Waals surface area contributed by atoms with Crippen LogP contribution in [0.1, 0.15) is 54.9 Å². The Hall–Kier alpha value is -3.10. The molecule has 0 spiro atoms. The van der Waals surface area contributed by atoms with Crippen molar-refractivity contribution < 1.29 is 14.3 Å². The summed E-state index contributed by atoms with van der Waals surface area (Å²) < 4.78 is 14.4. The second-order valence-electron chi connectivity index (χ2n) is 8.40. The van der Waals surface area contributed by atoms with Gasteiger partial charge in [0.15, 0.2) is 5.82 Å². The van der Waals surface area contributed by atoms with Gasteiger partial charge in [0, 0.05) is 29.2 Å². The number of amides is 1.